The fourth-order valence-corrected chi connectivity index (χ4v) is 1.84. The highest BCUT2D eigenvalue weighted by Crippen LogP contribution is 2.27. The summed E-state index contributed by atoms with van der Waals surface area (Å²) in [6, 6.07) is 4.50. The summed E-state index contributed by atoms with van der Waals surface area (Å²) < 4.78 is 1.66. The second-order valence-corrected chi connectivity index (χ2v) is 3.83. The van der Waals surface area contributed by atoms with Gasteiger partial charge in [-0.05, 0) is 12.5 Å². The van der Waals surface area contributed by atoms with E-state index in [0.717, 1.165) is 6.42 Å². The van der Waals surface area contributed by atoms with Gasteiger partial charge in [-0.25, -0.2) is 0 Å². The highest BCUT2D eigenvalue weighted by molar-refractivity contribution is 6.34. The Kier molecular flexibility index (Phi) is 2.78. The number of non-ortho nitro benzene ring substituents is 1. The van der Waals surface area contributed by atoms with Crippen LogP contribution in [0.25, 0.3) is 10.9 Å². The molecule has 0 spiro atoms. The Morgan fingerprint density at radius 1 is 1.56 bits per heavy atom. The molecular weight excluding hydrogens is 230 g/mol. The average molecular weight is 240 g/mol. The van der Waals surface area contributed by atoms with Crippen LogP contribution >= 0.6 is 11.6 Å². The fraction of sp³-hybridized carbons (Fsp3) is 0.300. The van der Waals surface area contributed by atoms with Crippen molar-refractivity contribution in [1.82, 2.24) is 9.78 Å². The number of halogens is 1. The molecule has 2 aromatic rings. The molecule has 2 rings (SSSR count). The van der Waals surface area contributed by atoms with E-state index < -0.39 is 4.92 Å². The fourth-order valence-electron chi connectivity index (χ4n) is 1.56. The molecule has 0 saturated heterocycles. The lowest BCUT2D eigenvalue weighted by atomic mass is 10.2. The van der Waals surface area contributed by atoms with Crippen molar-refractivity contribution in [2.45, 2.75) is 19.9 Å². The Morgan fingerprint density at radius 3 is 2.94 bits per heavy atom. The molecule has 0 atom stereocenters. The number of nitro groups is 1. The third kappa shape index (κ3) is 1.74. The van der Waals surface area contributed by atoms with E-state index >= 15 is 0 Å². The predicted molar refractivity (Wildman–Crippen MR) is 61.7 cm³/mol. The van der Waals surface area contributed by atoms with Gasteiger partial charge in [0.05, 0.1) is 10.4 Å². The SMILES string of the molecule is CCCn1nc2ccc([N+](=O)[O-])cc2c1Cl. The molecule has 0 fully saturated rings. The first kappa shape index (κ1) is 10.9. The minimum atomic E-state index is -0.438. The maximum Gasteiger partial charge on any atom is 0.270 e. The molecule has 5 nitrogen and oxygen atoms in total. The largest absolute Gasteiger partial charge is 0.270 e. The van der Waals surface area contributed by atoms with E-state index in [2.05, 4.69) is 5.10 Å². The minimum absolute atomic E-state index is 0.0328. The van der Waals surface area contributed by atoms with Crippen molar-refractivity contribution in [3.8, 4) is 0 Å². The lowest BCUT2D eigenvalue weighted by molar-refractivity contribution is -0.384. The standard InChI is InChI=1S/C10H10ClN3O2/c1-2-5-13-10(11)8-6-7(14(15)16)3-4-9(8)12-13/h3-4,6H,2,5H2,1H3. The zero-order chi connectivity index (χ0) is 11.7. The van der Waals surface area contributed by atoms with Gasteiger partial charge in [0.15, 0.2) is 0 Å². The molecule has 6 heteroatoms. The molecular formula is C10H10ClN3O2. The molecule has 0 bridgehead atoms. The van der Waals surface area contributed by atoms with Crippen molar-refractivity contribution >= 4 is 28.2 Å². The third-order valence-corrected chi connectivity index (χ3v) is 2.70. The maximum absolute atomic E-state index is 10.6. The van der Waals surface area contributed by atoms with Gasteiger partial charge in [0.1, 0.15) is 5.15 Å². The summed E-state index contributed by atoms with van der Waals surface area (Å²) >= 11 is 6.09. The number of rotatable bonds is 3. The topological polar surface area (TPSA) is 61.0 Å². The van der Waals surface area contributed by atoms with Crippen molar-refractivity contribution < 1.29 is 4.92 Å². The molecule has 0 amide bonds. The number of hydrogen-bond donors (Lipinski definition) is 0. The Balaban J connectivity index is 2.59. The monoisotopic (exact) mass is 239 g/mol. The normalized spacial score (nSPS) is 10.9. The zero-order valence-electron chi connectivity index (χ0n) is 8.68. The van der Waals surface area contributed by atoms with Crippen LogP contribution in [0.15, 0.2) is 18.2 Å². The quantitative estimate of drug-likeness (QED) is 0.611. The van der Waals surface area contributed by atoms with Crippen molar-refractivity contribution in [1.29, 1.82) is 0 Å². The molecule has 0 saturated carbocycles. The van der Waals surface area contributed by atoms with Crippen LogP contribution in [0, 0.1) is 10.1 Å². The van der Waals surface area contributed by atoms with E-state index in [4.69, 9.17) is 11.6 Å². The molecule has 1 aromatic heterocycles. The van der Waals surface area contributed by atoms with Crippen LogP contribution in [0.3, 0.4) is 0 Å². The van der Waals surface area contributed by atoms with Crippen LogP contribution in [0.5, 0.6) is 0 Å². The highest BCUT2D eigenvalue weighted by Gasteiger charge is 2.13. The number of fused-ring (bicyclic) bond motifs is 1. The summed E-state index contributed by atoms with van der Waals surface area (Å²) in [6.07, 6.45) is 0.913. The average Bonchev–Trinajstić information content (AvgIpc) is 2.56. The Labute approximate surface area is 96.8 Å². The van der Waals surface area contributed by atoms with Crippen molar-refractivity contribution in [2.24, 2.45) is 0 Å². The van der Waals surface area contributed by atoms with Gasteiger partial charge in [-0.2, -0.15) is 5.10 Å². The Morgan fingerprint density at radius 2 is 2.31 bits per heavy atom. The highest BCUT2D eigenvalue weighted by atomic mass is 35.5. The van der Waals surface area contributed by atoms with Gasteiger partial charge in [-0.1, -0.05) is 18.5 Å². The van der Waals surface area contributed by atoms with Gasteiger partial charge in [-0.15, -0.1) is 0 Å². The number of nitrogens with zero attached hydrogens (tertiary/aromatic N) is 3. The minimum Gasteiger partial charge on any atom is -0.258 e. The van der Waals surface area contributed by atoms with Gasteiger partial charge >= 0.3 is 0 Å². The lowest BCUT2D eigenvalue weighted by Gasteiger charge is -1.97. The molecule has 0 aliphatic carbocycles. The third-order valence-electron chi connectivity index (χ3n) is 2.30. The van der Waals surface area contributed by atoms with E-state index in [9.17, 15) is 10.1 Å². The number of aryl methyl sites for hydroxylation is 1. The molecule has 0 unspecified atom stereocenters. The smallest absolute Gasteiger partial charge is 0.258 e. The molecule has 1 aromatic carbocycles. The predicted octanol–water partition coefficient (Wildman–Crippen LogP) is 3.01. The number of nitro benzene ring substituents is 1. The summed E-state index contributed by atoms with van der Waals surface area (Å²) in [5, 5.41) is 16.0. The van der Waals surface area contributed by atoms with Gasteiger partial charge in [0.25, 0.3) is 5.69 Å². The van der Waals surface area contributed by atoms with Gasteiger partial charge in [-0.3, -0.25) is 14.8 Å². The van der Waals surface area contributed by atoms with E-state index in [1.807, 2.05) is 6.92 Å². The molecule has 1 heterocycles. The van der Waals surface area contributed by atoms with E-state index in [1.54, 1.807) is 10.7 Å². The molecule has 0 radical (unpaired) electrons. The number of benzene rings is 1. The van der Waals surface area contributed by atoms with Crippen LogP contribution in [0.2, 0.25) is 5.15 Å². The summed E-state index contributed by atoms with van der Waals surface area (Å²) in [7, 11) is 0. The van der Waals surface area contributed by atoms with Crippen molar-refractivity contribution in [2.75, 3.05) is 0 Å². The van der Waals surface area contributed by atoms with E-state index in [-0.39, 0.29) is 5.69 Å². The van der Waals surface area contributed by atoms with Gasteiger partial charge in [0.2, 0.25) is 0 Å². The van der Waals surface area contributed by atoms with Gasteiger partial charge in [0, 0.05) is 24.1 Å². The molecule has 16 heavy (non-hydrogen) atoms. The summed E-state index contributed by atoms with van der Waals surface area (Å²) in [4.78, 5) is 10.2. The summed E-state index contributed by atoms with van der Waals surface area (Å²) in [5.74, 6) is 0. The first-order valence-electron chi connectivity index (χ1n) is 4.94. The van der Waals surface area contributed by atoms with E-state index in [0.29, 0.717) is 22.6 Å². The number of hydrogen-bond acceptors (Lipinski definition) is 3. The first-order valence-corrected chi connectivity index (χ1v) is 5.31. The van der Waals surface area contributed by atoms with Crippen LogP contribution < -0.4 is 0 Å². The van der Waals surface area contributed by atoms with Crippen LogP contribution in [0.1, 0.15) is 13.3 Å². The maximum atomic E-state index is 10.6. The van der Waals surface area contributed by atoms with E-state index in [1.165, 1.54) is 12.1 Å². The second-order valence-electron chi connectivity index (χ2n) is 3.47. The van der Waals surface area contributed by atoms with Gasteiger partial charge < -0.3 is 0 Å². The Bertz CT molecular complexity index is 550. The summed E-state index contributed by atoms with van der Waals surface area (Å²) in [5.41, 5.74) is 0.717. The molecule has 0 aliphatic heterocycles. The number of aromatic nitrogens is 2. The summed E-state index contributed by atoms with van der Waals surface area (Å²) in [6.45, 7) is 2.73. The van der Waals surface area contributed by atoms with Crippen molar-refractivity contribution in [3.05, 3.63) is 33.5 Å². The zero-order valence-corrected chi connectivity index (χ0v) is 9.44. The first-order chi connectivity index (χ1) is 7.63. The lowest BCUT2D eigenvalue weighted by Crippen LogP contribution is -1.97. The van der Waals surface area contributed by atoms with Crippen LogP contribution in [-0.2, 0) is 6.54 Å². The molecule has 0 N–H and O–H groups in total. The molecule has 84 valence electrons. The second kappa shape index (κ2) is 4.09. The van der Waals surface area contributed by atoms with Crippen LogP contribution in [0.4, 0.5) is 5.69 Å². The Hall–Kier alpha value is -1.62. The van der Waals surface area contributed by atoms with Crippen LogP contribution in [-0.4, -0.2) is 14.7 Å². The van der Waals surface area contributed by atoms with Crippen molar-refractivity contribution in [3.63, 3.8) is 0 Å². The molecule has 0 aliphatic rings.